The van der Waals surface area contributed by atoms with Gasteiger partial charge in [0.1, 0.15) is 15.6 Å². The molecule has 4 aromatic rings. The SMILES string of the molecule is Cc1nn(C)cc1-c1nn(S(=O)(=O)c2ccc(Br)s2)c(-c2cn(C)nc2C)c1Cl. The molecule has 0 spiro atoms. The summed E-state index contributed by atoms with van der Waals surface area (Å²) in [7, 11) is -0.424. The van der Waals surface area contributed by atoms with Gasteiger partial charge in [0.05, 0.1) is 20.2 Å². The van der Waals surface area contributed by atoms with Gasteiger partial charge in [0, 0.05) is 37.6 Å². The number of thiophene rings is 1. The molecule has 0 radical (unpaired) electrons. The van der Waals surface area contributed by atoms with Gasteiger partial charge in [0.2, 0.25) is 0 Å². The van der Waals surface area contributed by atoms with E-state index in [0.29, 0.717) is 32.0 Å². The van der Waals surface area contributed by atoms with Crippen LogP contribution >= 0.6 is 38.9 Å². The van der Waals surface area contributed by atoms with Crippen molar-refractivity contribution < 1.29 is 8.42 Å². The van der Waals surface area contributed by atoms with Crippen LogP contribution in [-0.2, 0) is 24.1 Å². The molecule has 4 rings (SSSR count). The Bertz CT molecular complexity index is 1350. The van der Waals surface area contributed by atoms with Gasteiger partial charge < -0.3 is 0 Å². The number of halogens is 2. The van der Waals surface area contributed by atoms with Crippen LogP contribution < -0.4 is 0 Å². The van der Waals surface area contributed by atoms with E-state index >= 15 is 0 Å². The first-order valence-electron chi connectivity index (χ1n) is 8.40. The molecule has 0 atom stereocenters. The molecule has 8 nitrogen and oxygen atoms in total. The second kappa shape index (κ2) is 7.08. The van der Waals surface area contributed by atoms with Gasteiger partial charge in [-0.3, -0.25) is 9.36 Å². The zero-order chi connectivity index (χ0) is 21.1. The van der Waals surface area contributed by atoms with Gasteiger partial charge in [0.15, 0.2) is 0 Å². The molecule has 0 saturated heterocycles. The van der Waals surface area contributed by atoms with E-state index in [1.807, 2.05) is 6.92 Å². The third-order valence-electron chi connectivity index (χ3n) is 4.37. The molecule has 152 valence electrons. The predicted molar refractivity (Wildman–Crippen MR) is 116 cm³/mol. The van der Waals surface area contributed by atoms with Crippen LogP contribution in [0.2, 0.25) is 5.02 Å². The van der Waals surface area contributed by atoms with Crippen molar-refractivity contribution in [2.45, 2.75) is 18.1 Å². The fraction of sp³-hybridized carbons (Fsp3) is 0.235. The number of aryl methyl sites for hydroxylation is 4. The van der Waals surface area contributed by atoms with Gasteiger partial charge in [0.25, 0.3) is 10.0 Å². The maximum absolute atomic E-state index is 13.4. The molecule has 0 N–H and O–H groups in total. The van der Waals surface area contributed by atoms with Crippen molar-refractivity contribution >= 4 is 48.9 Å². The molecule has 0 unspecified atom stereocenters. The molecule has 0 aliphatic heterocycles. The first-order valence-corrected chi connectivity index (χ1v) is 11.8. The molecule has 4 heterocycles. The number of aromatic nitrogens is 6. The Kier molecular flexibility index (Phi) is 4.96. The van der Waals surface area contributed by atoms with Crippen molar-refractivity contribution in [3.8, 4) is 22.5 Å². The van der Waals surface area contributed by atoms with E-state index in [2.05, 4.69) is 31.2 Å². The summed E-state index contributed by atoms with van der Waals surface area (Å²) in [6.45, 7) is 3.62. The van der Waals surface area contributed by atoms with Crippen LogP contribution in [0.5, 0.6) is 0 Å². The van der Waals surface area contributed by atoms with Crippen molar-refractivity contribution in [2.75, 3.05) is 0 Å². The van der Waals surface area contributed by atoms with Crippen LogP contribution in [0, 0.1) is 13.8 Å². The lowest BCUT2D eigenvalue weighted by molar-refractivity contribution is 0.583. The highest BCUT2D eigenvalue weighted by Crippen LogP contribution is 2.40. The van der Waals surface area contributed by atoms with Crippen LogP contribution in [0.1, 0.15) is 11.4 Å². The molecule has 0 bridgehead atoms. The number of rotatable bonds is 4. The fourth-order valence-electron chi connectivity index (χ4n) is 3.13. The van der Waals surface area contributed by atoms with E-state index in [-0.39, 0.29) is 14.9 Å². The third kappa shape index (κ3) is 3.35. The standard InChI is InChI=1S/C17H16BrClN6O2S2/c1-9-11(7-23(3)20-9)16-15(19)17(12-8-24(4)21-10(12)2)25(22-16)29(26,27)14-6-5-13(18)28-14/h5-8H,1-4H3. The monoisotopic (exact) mass is 514 g/mol. The minimum absolute atomic E-state index is 0.154. The lowest BCUT2D eigenvalue weighted by atomic mass is 10.1. The van der Waals surface area contributed by atoms with Crippen LogP contribution in [0.4, 0.5) is 0 Å². The minimum Gasteiger partial charge on any atom is -0.275 e. The second-order valence-corrected chi connectivity index (χ2v) is 11.4. The summed E-state index contributed by atoms with van der Waals surface area (Å²) in [4.78, 5) is 0. The Hall–Kier alpha value is -1.95. The Morgan fingerprint density at radius 2 is 1.59 bits per heavy atom. The highest BCUT2D eigenvalue weighted by atomic mass is 79.9. The van der Waals surface area contributed by atoms with Crippen LogP contribution in [0.3, 0.4) is 0 Å². The summed E-state index contributed by atoms with van der Waals surface area (Å²) in [5.41, 5.74) is 3.24. The Balaban J connectivity index is 2.05. The maximum atomic E-state index is 13.4. The predicted octanol–water partition coefficient (Wildman–Crippen LogP) is 4.02. The smallest absolute Gasteiger partial charge is 0.275 e. The zero-order valence-corrected chi connectivity index (χ0v) is 19.9. The number of hydrogen-bond acceptors (Lipinski definition) is 6. The van der Waals surface area contributed by atoms with Crippen molar-refractivity contribution in [2.24, 2.45) is 14.1 Å². The summed E-state index contributed by atoms with van der Waals surface area (Å²) in [5.74, 6) is 0. The first kappa shape index (κ1) is 20.3. The highest BCUT2D eigenvalue weighted by Gasteiger charge is 2.31. The first-order chi connectivity index (χ1) is 13.6. The average molecular weight is 516 g/mol. The fourth-order valence-corrected chi connectivity index (χ4v) is 6.88. The molecule has 4 aromatic heterocycles. The van der Waals surface area contributed by atoms with Gasteiger partial charge in [-0.05, 0) is 41.9 Å². The summed E-state index contributed by atoms with van der Waals surface area (Å²) < 4.78 is 32.0. The van der Waals surface area contributed by atoms with Gasteiger partial charge in [-0.2, -0.15) is 27.8 Å². The normalized spacial score (nSPS) is 12.1. The van der Waals surface area contributed by atoms with E-state index in [1.54, 1.807) is 48.8 Å². The van der Waals surface area contributed by atoms with Gasteiger partial charge in [-0.25, -0.2) is 0 Å². The second-order valence-electron chi connectivity index (χ2n) is 6.52. The molecular weight excluding hydrogens is 500 g/mol. The van der Waals surface area contributed by atoms with Gasteiger partial charge in [-0.15, -0.1) is 11.3 Å². The van der Waals surface area contributed by atoms with Crippen molar-refractivity contribution in [3.63, 3.8) is 0 Å². The number of hydrogen-bond donors (Lipinski definition) is 0. The van der Waals surface area contributed by atoms with Crippen LogP contribution in [0.25, 0.3) is 22.5 Å². The Labute approximate surface area is 184 Å². The maximum Gasteiger partial charge on any atom is 0.293 e. The van der Waals surface area contributed by atoms with Gasteiger partial charge in [-0.1, -0.05) is 11.6 Å². The third-order valence-corrected chi connectivity index (χ3v) is 8.39. The summed E-state index contributed by atoms with van der Waals surface area (Å²) in [6.07, 6.45) is 3.50. The summed E-state index contributed by atoms with van der Waals surface area (Å²) in [6, 6.07) is 3.22. The molecule has 0 aliphatic carbocycles. The van der Waals surface area contributed by atoms with E-state index < -0.39 is 10.0 Å². The Morgan fingerprint density at radius 1 is 1.00 bits per heavy atom. The molecule has 0 aliphatic rings. The van der Waals surface area contributed by atoms with Crippen molar-refractivity contribution in [3.05, 3.63) is 44.7 Å². The lowest BCUT2D eigenvalue weighted by Crippen LogP contribution is -2.15. The summed E-state index contributed by atoms with van der Waals surface area (Å²) >= 11 is 11.2. The minimum atomic E-state index is -3.97. The molecule has 0 amide bonds. The Morgan fingerprint density at radius 3 is 2.07 bits per heavy atom. The van der Waals surface area contributed by atoms with Crippen molar-refractivity contribution in [1.82, 2.24) is 28.7 Å². The number of nitrogens with zero attached hydrogens (tertiary/aromatic N) is 6. The van der Waals surface area contributed by atoms with Crippen LogP contribution in [-0.4, -0.2) is 37.2 Å². The van der Waals surface area contributed by atoms with Crippen LogP contribution in [0.15, 0.2) is 32.5 Å². The average Bonchev–Trinajstić information content (AvgIpc) is 3.36. The highest BCUT2D eigenvalue weighted by molar-refractivity contribution is 9.11. The van der Waals surface area contributed by atoms with E-state index in [9.17, 15) is 8.42 Å². The molecule has 0 saturated carbocycles. The lowest BCUT2D eigenvalue weighted by Gasteiger charge is -2.06. The van der Waals surface area contributed by atoms with E-state index in [4.69, 9.17) is 11.6 Å². The summed E-state index contributed by atoms with van der Waals surface area (Å²) in [5, 5.41) is 13.3. The quantitative estimate of drug-likeness (QED) is 0.410. The van der Waals surface area contributed by atoms with Gasteiger partial charge >= 0.3 is 0 Å². The molecule has 0 aromatic carbocycles. The largest absolute Gasteiger partial charge is 0.293 e. The van der Waals surface area contributed by atoms with E-state index in [1.165, 1.54) is 6.07 Å². The zero-order valence-electron chi connectivity index (χ0n) is 15.9. The van der Waals surface area contributed by atoms with Crippen molar-refractivity contribution in [1.29, 1.82) is 0 Å². The topological polar surface area (TPSA) is 87.6 Å². The van der Waals surface area contributed by atoms with E-state index in [0.717, 1.165) is 15.4 Å². The molecule has 0 fully saturated rings. The molecule has 12 heteroatoms. The molecular formula is C17H16BrClN6O2S2. The molecule has 29 heavy (non-hydrogen) atoms.